The van der Waals surface area contributed by atoms with Crippen molar-refractivity contribution in [1.82, 2.24) is 0 Å². The van der Waals surface area contributed by atoms with Crippen LogP contribution in [0.5, 0.6) is 0 Å². The van der Waals surface area contributed by atoms with E-state index in [1.165, 1.54) is 6.42 Å². The van der Waals surface area contributed by atoms with Crippen LogP contribution in [0.4, 0.5) is 0 Å². The maximum atomic E-state index is 12.0. The first-order chi connectivity index (χ1) is 25.5. The minimum Gasteiger partial charge on any atom is -0.466 e. The Morgan fingerprint density at radius 1 is 0.836 bits per heavy atom. The SMILES string of the molecule is CC(C)(C)[Si](C)(C)OCCCCC(=O)c1cccc(Cl)c1.Clc1cccc(Br)c1.O=C(CCCCO)c1cccc(Cl)c1.O=C1CCCCO1.[CH2-]CCC.[Li+]. The third-order valence-corrected chi connectivity index (χ3v) is 14.1. The molecular weight excluding hydrogens is 834 g/mol. The molecule has 0 unspecified atom stereocenters. The molecule has 0 amide bonds. The fraction of sp³-hybridized carbons (Fsp3) is 0.488. The number of benzene rings is 3. The van der Waals surface area contributed by atoms with Gasteiger partial charge in [0.25, 0.3) is 0 Å². The number of cyclic esters (lactones) is 1. The monoisotopic (exact) mass is 892 g/mol. The third-order valence-electron chi connectivity index (χ3n) is 8.35. The summed E-state index contributed by atoms with van der Waals surface area (Å²) in [5.41, 5.74) is 1.35. The number of carbonyl (C=O) groups excluding carboxylic acids is 3. The van der Waals surface area contributed by atoms with Crippen LogP contribution >= 0.6 is 50.7 Å². The molecule has 1 heterocycles. The second-order valence-electron chi connectivity index (χ2n) is 14.1. The van der Waals surface area contributed by atoms with Crippen molar-refractivity contribution >= 4 is 76.6 Å². The van der Waals surface area contributed by atoms with Gasteiger partial charge in [-0.2, -0.15) is 6.42 Å². The molecule has 1 N–H and O–H groups in total. The molecule has 55 heavy (non-hydrogen) atoms. The molecule has 3 aromatic carbocycles. The molecule has 4 rings (SSSR count). The molecule has 1 aliphatic heterocycles. The summed E-state index contributed by atoms with van der Waals surface area (Å²) in [6, 6.07) is 21.6. The van der Waals surface area contributed by atoms with Crippen LogP contribution in [0.3, 0.4) is 0 Å². The molecule has 12 heteroatoms. The number of aliphatic hydroxyl groups excluding tert-OH is 1. The Balaban J connectivity index is 0. The molecule has 1 fully saturated rings. The van der Waals surface area contributed by atoms with Gasteiger partial charge >= 0.3 is 24.8 Å². The molecule has 0 aromatic heterocycles. The van der Waals surface area contributed by atoms with Gasteiger partial charge in [0.05, 0.1) is 6.61 Å². The molecule has 0 aliphatic carbocycles. The molecule has 1 saturated heterocycles. The summed E-state index contributed by atoms with van der Waals surface area (Å²) in [5, 5.41) is 10.8. The molecule has 0 atom stereocenters. The number of Topliss-reactive ketones (excluding diaryl/α,β-unsaturated/α-hetero) is 2. The van der Waals surface area contributed by atoms with Crippen LogP contribution in [0, 0.1) is 6.92 Å². The Labute approximate surface area is 368 Å². The molecule has 0 bridgehead atoms. The van der Waals surface area contributed by atoms with Crippen molar-refractivity contribution in [1.29, 1.82) is 0 Å². The summed E-state index contributed by atoms with van der Waals surface area (Å²) in [4.78, 5) is 33.8. The molecule has 0 spiro atoms. The van der Waals surface area contributed by atoms with E-state index >= 15 is 0 Å². The van der Waals surface area contributed by atoms with Crippen LogP contribution in [0.1, 0.15) is 119 Å². The maximum Gasteiger partial charge on any atom is 1.00 e. The average Bonchev–Trinajstić information content (AvgIpc) is 3.12. The number of ether oxygens (including phenoxy) is 1. The van der Waals surface area contributed by atoms with Gasteiger partial charge < -0.3 is 21.2 Å². The van der Waals surface area contributed by atoms with Crippen molar-refractivity contribution in [2.45, 2.75) is 116 Å². The normalized spacial score (nSPS) is 12.0. The van der Waals surface area contributed by atoms with Crippen molar-refractivity contribution in [2.75, 3.05) is 19.8 Å². The number of ketones is 2. The largest absolute Gasteiger partial charge is 1.00 e. The van der Waals surface area contributed by atoms with Gasteiger partial charge in [-0.15, -0.1) is 0 Å². The van der Waals surface area contributed by atoms with Crippen molar-refractivity contribution in [3.8, 4) is 0 Å². The van der Waals surface area contributed by atoms with E-state index < -0.39 is 8.32 Å². The number of hydrogen-bond acceptors (Lipinski definition) is 6. The zero-order chi connectivity index (χ0) is 41.0. The van der Waals surface area contributed by atoms with Gasteiger partial charge in [0.1, 0.15) is 0 Å². The zero-order valence-corrected chi connectivity index (χ0v) is 38.9. The van der Waals surface area contributed by atoms with Crippen LogP contribution in [0.2, 0.25) is 33.2 Å². The van der Waals surface area contributed by atoms with E-state index in [-0.39, 0.29) is 48.0 Å². The Bertz CT molecular complexity index is 1480. The summed E-state index contributed by atoms with van der Waals surface area (Å²) in [6.07, 6.45) is 9.18. The smallest absolute Gasteiger partial charge is 0.466 e. The van der Waals surface area contributed by atoms with E-state index in [9.17, 15) is 14.4 Å². The Morgan fingerprint density at radius 3 is 1.64 bits per heavy atom. The number of hydrogen-bond donors (Lipinski definition) is 1. The third kappa shape index (κ3) is 28.6. The van der Waals surface area contributed by atoms with Gasteiger partial charge in [-0.25, -0.2) is 0 Å². The van der Waals surface area contributed by atoms with Gasteiger partial charge in [0.15, 0.2) is 19.9 Å². The summed E-state index contributed by atoms with van der Waals surface area (Å²) < 4.78 is 11.8. The average molecular weight is 895 g/mol. The first kappa shape index (κ1) is 55.7. The van der Waals surface area contributed by atoms with E-state index in [4.69, 9.17) is 44.3 Å². The van der Waals surface area contributed by atoms with Crippen molar-refractivity contribution < 1.29 is 47.5 Å². The molecule has 1 aliphatic rings. The maximum absolute atomic E-state index is 12.0. The molecule has 3 aromatic rings. The summed E-state index contributed by atoms with van der Waals surface area (Å²) in [5.74, 6) is 0.206. The second-order valence-corrected chi connectivity index (χ2v) is 21.1. The van der Waals surface area contributed by atoms with Gasteiger partial charge in [-0.05, 0) is 99.1 Å². The Hall–Kier alpha value is -1.45. The Morgan fingerprint density at radius 2 is 1.31 bits per heavy atom. The zero-order valence-electron chi connectivity index (χ0n) is 34.0. The molecule has 6 nitrogen and oxygen atoms in total. The predicted octanol–water partition coefficient (Wildman–Crippen LogP) is 10.8. The first-order valence-electron chi connectivity index (χ1n) is 18.7. The summed E-state index contributed by atoms with van der Waals surface area (Å²) >= 11 is 20.5. The van der Waals surface area contributed by atoms with Crippen molar-refractivity contribution in [2.24, 2.45) is 0 Å². The van der Waals surface area contributed by atoms with E-state index in [2.05, 4.69) is 68.4 Å². The summed E-state index contributed by atoms with van der Waals surface area (Å²) in [6.45, 7) is 18.5. The number of carbonyl (C=O) groups is 3. The standard InChI is InChI=1S/C17H27ClO2Si.C11H13ClO2.C6H4BrCl.C5H8O2.C4H9.Li/c1-17(2,3)21(4,5)20-12-7-6-11-16(19)14-9-8-10-15(18)13-14;12-10-5-3-4-9(8-10)11(14)6-1-2-7-13;7-5-2-1-3-6(8)4-5;6-5-3-1-2-4-7-5;1-3-4-2;/h8-10,13H,6-7,11-12H2,1-5H3;3-5,8,13H,1-2,6-7H2;1-4H;1-4H2;1,3-4H2,2H3;/q;;;;-1;+1. The minimum atomic E-state index is -1.66. The van der Waals surface area contributed by atoms with Gasteiger partial charge in [-0.1, -0.05) is 115 Å². The van der Waals surface area contributed by atoms with E-state index in [0.29, 0.717) is 53.5 Å². The minimum absolute atomic E-state index is 0. The van der Waals surface area contributed by atoms with E-state index in [0.717, 1.165) is 54.6 Å². The van der Waals surface area contributed by atoms with Crippen LogP contribution in [0.25, 0.3) is 0 Å². The van der Waals surface area contributed by atoms with Crippen LogP contribution in [-0.2, 0) is 14.0 Å². The van der Waals surface area contributed by atoms with E-state index in [1.807, 2.05) is 36.4 Å². The van der Waals surface area contributed by atoms with Crippen molar-refractivity contribution in [3.63, 3.8) is 0 Å². The first-order valence-corrected chi connectivity index (χ1v) is 23.5. The molecule has 0 radical (unpaired) electrons. The fourth-order valence-corrected chi connectivity index (χ4v) is 6.22. The number of halogens is 4. The number of unbranched alkanes of at least 4 members (excludes halogenated alkanes) is 3. The van der Waals surface area contributed by atoms with Gasteiger partial charge in [0, 0.05) is 63.1 Å². The quantitative estimate of drug-likeness (QED) is 0.0604. The fourth-order valence-electron chi connectivity index (χ4n) is 4.03. The molecule has 302 valence electrons. The molecule has 0 saturated carbocycles. The number of esters is 1. The summed E-state index contributed by atoms with van der Waals surface area (Å²) in [7, 11) is -1.66. The van der Waals surface area contributed by atoms with Crippen LogP contribution in [-0.4, -0.2) is 50.8 Å². The van der Waals surface area contributed by atoms with Gasteiger partial charge in [0.2, 0.25) is 0 Å². The second kappa shape index (κ2) is 32.5. The topological polar surface area (TPSA) is 89.9 Å². The number of aliphatic hydroxyl groups is 1. The Kier molecular flexibility index (Phi) is 32.9. The van der Waals surface area contributed by atoms with E-state index in [1.54, 1.807) is 36.4 Å². The van der Waals surface area contributed by atoms with Crippen LogP contribution < -0.4 is 18.9 Å². The van der Waals surface area contributed by atoms with Crippen molar-refractivity contribution in [3.05, 3.63) is 110 Å². The van der Waals surface area contributed by atoms with Gasteiger partial charge in [-0.3, -0.25) is 14.4 Å². The predicted molar refractivity (Wildman–Crippen MR) is 234 cm³/mol. The van der Waals surface area contributed by atoms with Crippen LogP contribution in [0.15, 0.2) is 77.3 Å². The number of rotatable bonds is 13. The molecular formula is C43H61BrCl3LiO6Si.